The van der Waals surface area contributed by atoms with E-state index in [1.165, 1.54) is 17.0 Å². The van der Waals surface area contributed by atoms with E-state index in [9.17, 15) is 22.8 Å². The van der Waals surface area contributed by atoms with E-state index >= 15 is 0 Å². The normalized spacial score (nSPS) is 14.4. The molecule has 0 saturated heterocycles. The van der Waals surface area contributed by atoms with Gasteiger partial charge in [0.15, 0.2) is 0 Å². The van der Waals surface area contributed by atoms with Gasteiger partial charge >= 0.3 is 0 Å². The van der Waals surface area contributed by atoms with Gasteiger partial charge in [0.05, 0.1) is 5.56 Å². The topological polar surface area (TPSA) is 104 Å². The van der Waals surface area contributed by atoms with E-state index in [0.717, 1.165) is 21.9 Å². The molecule has 0 unspecified atom stereocenters. The lowest BCUT2D eigenvalue weighted by atomic mass is 10.0. The number of carbonyl (C=O) groups excluding carboxylic acids is 3. The summed E-state index contributed by atoms with van der Waals surface area (Å²) in [4.78, 5) is 41.4. The average molecular weight is 582 g/mol. The molecule has 210 valence electrons. The first-order valence-electron chi connectivity index (χ1n) is 13.2. The van der Waals surface area contributed by atoms with Crippen LogP contribution in [0.25, 0.3) is 0 Å². The molecule has 0 radical (unpaired) electrons. The van der Waals surface area contributed by atoms with Crippen LogP contribution in [0.5, 0.6) is 0 Å². The predicted molar refractivity (Wildman–Crippen MR) is 153 cm³/mol. The van der Waals surface area contributed by atoms with Crippen LogP contribution in [-0.4, -0.2) is 54.5 Å². The van der Waals surface area contributed by atoms with Gasteiger partial charge in [-0.2, -0.15) is 0 Å². The van der Waals surface area contributed by atoms with Crippen molar-refractivity contribution in [2.45, 2.75) is 50.1 Å². The number of rotatable bonds is 12. The summed E-state index contributed by atoms with van der Waals surface area (Å²) in [7, 11) is -3.96. The molecule has 3 amide bonds. The Labute approximate surface area is 240 Å². The van der Waals surface area contributed by atoms with Gasteiger partial charge in [-0.15, -0.1) is 0 Å². The molecular formula is C30H32ClN3O5S. The lowest BCUT2D eigenvalue weighted by Crippen LogP contribution is -2.50. The number of fused-ring (bicyclic) bond motifs is 1. The number of hydrogen-bond donors (Lipinski definition) is 1. The first-order valence-corrected chi connectivity index (χ1v) is 15.1. The van der Waals surface area contributed by atoms with E-state index in [-0.39, 0.29) is 48.2 Å². The van der Waals surface area contributed by atoms with Crippen LogP contribution in [0.2, 0.25) is 5.02 Å². The lowest BCUT2D eigenvalue weighted by molar-refractivity contribution is -0.141. The first kappa shape index (κ1) is 29.3. The van der Waals surface area contributed by atoms with Crippen molar-refractivity contribution in [1.29, 1.82) is 0 Å². The van der Waals surface area contributed by atoms with Gasteiger partial charge in [-0.3, -0.25) is 14.4 Å². The van der Waals surface area contributed by atoms with Crippen LogP contribution in [0.3, 0.4) is 0 Å². The Kier molecular flexibility index (Phi) is 9.60. The van der Waals surface area contributed by atoms with Gasteiger partial charge in [-0.05, 0) is 48.2 Å². The number of carbonyl (C=O) groups is 3. The van der Waals surface area contributed by atoms with E-state index in [0.29, 0.717) is 18.0 Å². The van der Waals surface area contributed by atoms with Gasteiger partial charge in [0.1, 0.15) is 10.9 Å². The molecule has 1 heterocycles. The third kappa shape index (κ3) is 6.71. The maximum Gasteiger partial charge on any atom is 0.269 e. The Balaban J connectivity index is 1.55. The summed E-state index contributed by atoms with van der Waals surface area (Å²) in [5, 5.41) is 3.48. The van der Waals surface area contributed by atoms with Gasteiger partial charge in [0, 0.05) is 37.5 Å². The Bertz CT molecular complexity index is 1460. The summed E-state index contributed by atoms with van der Waals surface area (Å²) in [6.45, 7) is 2.46. The van der Waals surface area contributed by atoms with Gasteiger partial charge in [-0.25, -0.2) is 12.7 Å². The Morgan fingerprint density at radius 3 is 2.30 bits per heavy atom. The molecule has 0 aromatic heterocycles. The minimum atomic E-state index is -3.96. The zero-order chi connectivity index (χ0) is 28.7. The molecule has 1 N–H and O–H groups in total. The van der Waals surface area contributed by atoms with Crippen molar-refractivity contribution in [1.82, 2.24) is 14.5 Å². The van der Waals surface area contributed by atoms with Gasteiger partial charge in [0.25, 0.3) is 15.9 Å². The highest BCUT2D eigenvalue weighted by Gasteiger charge is 2.40. The molecule has 4 rings (SSSR count). The van der Waals surface area contributed by atoms with Crippen LogP contribution >= 0.6 is 11.6 Å². The number of sulfonamides is 1. The smallest absolute Gasteiger partial charge is 0.269 e. The molecule has 0 fully saturated rings. The molecule has 0 bridgehead atoms. The lowest BCUT2D eigenvalue weighted by Gasteiger charge is -2.32. The number of nitrogens with one attached hydrogen (secondary N) is 1. The Hall–Kier alpha value is -3.69. The van der Waals surface area contributed by atoms with Crippen LogP contribution in [-0.2, 0) is 32.6 Å². The van der Waals surface area contributed by atoms with Gasteiger partial charge < -0.3 is 10.2 Å². The van der Waals surface area contributed by atoms with E-state index in [1.807, 2.05) is 37.3 Å². The second-order valence-corrected chi connectivity index (χ2v) is 11.9. The van der Waals surface area contributed by atoms with E-state index < -0.39 is 22.0 Å². The van der Waals surface area contributed by atoms with Crippen LogP contribution < -0.4 is 5.32 Å². The van der Waals surface area contributed by atoms with Crippen molar-refractivity contribution in [2.75, 3.05) is 13.1 Å². The molecule has 1 aliphatic rings. The molecule has 3 aromatic carbocycles. The van der Waals surface area contributed by atoms with Crippen molar-refractivity contribution in [3.63, 3.8) is 0 Å². The summed E-state index contributed by atoms with van der Waals surface area (Å²) >= 11 is 6.06. The molecule has 3 aromatic rings. The molecule has 10 heteroatoms. The molecular weight excluding hydrogens is 550 g/mol. The van der Waals surface area contributed by atoms with Crippen molar-refractivity contribution >= 4 is 39.3 Å². The number of amides is 3. The van der Waals surface area contributed by atoms with Crippen molar-refractivity contribution in [2.24, 2.45) is 0 Å². The van der Waals surface area contributed by atoms with E-state index in [1.54, 1.807) is 36.4 Å². The van der Waals surface area contributed by atoms with Crippen molar-refractivity contribution < 1.29 is 22.8 Å². The third-order valence-corrected chi connectivity index (χ3v) is 8.84. The van der Waals surface area contributed by atoms with Crippen molar-refractivity contribution in [3.05, 3.63) is 101 Å². The molecule has 0 spiro atoms. The second-order valence-electron chi connectivity index (χ2n) is 9.63. The standard InChI is InChI=1S/C30H32ClN3O5S/c1-2-18-32-29(36)26(20-22-9-4-3-5-10-22)33(21-23-14-16-24(31)17-15-23)28(35)13-8-19-34-30(37)25-11-6-7-12-27(25)40(34,38)39/h3-7,9-12,14-17,26H,2,8,13,18-21H2,1H3,(H,32,36)/t26-/m1/s1. The van der Waals surface area contributed by atoms with Crippen LogP contribution in [0, 0.1) is 0 Å². The molecule has 8 nitrogen and oxygen atoms in total. The maximum atomic E-state index is 13.7. The van der Waals surface area contributed by atoms with Gasteiger partial charge in [-0.1, -0.05) is 73.1 Å². The fourth-order valence-corrected chi connectivity index (χ4v) is 6.41. The molecule has 0 saturated carbocycles. The molecule has 1 atom stereocenters. The summed E-state index contributed by atoms with van der Waals surface area (Å²) in [5.74, 6) is -1.17. The molecule has 40 heavy (non-hydrogen) atoms. The van der Waals surface area contributed by atoms with E-state index in [2.05, 4.69) is 5.32 Å². The first-order chi connectivity index (χ1) is 19.2. The average Bonchev–Trinajstić information content (AvgIpc) is 3.15. The maximum absolute atomic E-state index is 13.7. The van der Waals surface area contributed by atoms with E-state index in [4.69, 9.17) is 11.6 Å². The monoisotopic (exact) mass is 581 g/mol. The highest BCUT2D eigenvalue weighted by molar-refractivity contribution is 7.90. The molecule has 0 aliphatic carbocycles. The SMILES string of the molecule is CCCNC(=O)[C@@H](Cc1ccccc1)N(Cc1ccc(Cl)cc1)C(=O)CCCN1C(=O)c2ccccc2S1(=O)=O. The minimum Gasteiger partial charge on any atom is -0.354 e. The van der Waals surface area contributed by atoms with Gasteiger partial charge in [0.2, 0.25) is 11.8 Å². The second kappa shape index (κ2) is 13.1. The summed E-state index contributed by atoms with van der Waals surface area (Å²) in [5.41, 5.74) is 1.83. The number of hydrogen-bond acceptors (Lipinski definition) is 5. The predicted octanol–water partition coefficient (Wildman–Crippen LogP) is 4.43. The van der Waals surface area contributed by atoms with Crippen LogP contribution in [0.1, 0.15) is 47.7 Å². The Morgan fingerprint density at radius 1 is 0.950 bits per heavy atom. The fourth-order valence-electron chi connectivity index (χ4n) is 4.68. The number of nitrogens with zero attached hydrogens (tertiary/aromatic N) is 2. The molecule has 1 aliphatic heterocycles. The highest BCUT2D eigenvalue weighted by Crippen LogP contribution is 2.30. The third-order valence-electron chi connectivity index (χ3n) is 6.75. The van der Waals surface area contributed by atoms with Crippen LogP contribution in [0.4, 0.5) is 0 Å². The number of benzene rings is 3. The highest BCUT2D eigenvalue weighted by atomic mass is 35.5. The summed E-state index contributed by atoms with van der Waals surface area (Å²) < 4.78 is 26.7. The van der Waals surface area contributed by atoms with Crippen molar-refractivity contribution in [3.8, 4) is 0 Å². The summed E-state index contributed by atoms with van der Waals surface area (Å²) in [6.07, 6.45) is 1.12. The number of halogens is 1. The quantitative estimate of drug-likeness (QED) is 0.341. The minimum absolute atomic E-state index is 0.0220. The fraction of sp³-hybridized carbons (Fsp3) is 0.300. The van der Waals surface area contributed by atoms with Crippen LogP contribution in [0.15, 0.2) is 83.8 Å². The zero-order valence-corrected chi connectivity index (χ0v) is 23.8. The largest absolute Gasteiger partial charge is 0.354 e. The summed E-state index contributed by atoms with van der Waals surface area (Å²) in [6, 6.07) is 21.8. The zero-order valence-electron chi connectivity index (χ0n) is 22.3. The Morgan fingerprint density at radius 2 is 1.62 bits per heavy atom.